The van der Waals surface area contributed by atoms with Gasteiger partial charge in [0, 0.05) is 22.0 Å². The molecule has 2 aromatic heterocycles. The normalized spacial score (nSPS) is 10.5. The highest BCUT2D eigenvalue weighted by Gasteiger charge is 2.11. The van der Waals surface area contributed by atoms with Crippen LogP contribution in [0.2, 0.25) is 0 Å². The van der Waals surface area contributed by atoms with Gasteiger partial charge >= 0.3 is 0 Å². The number of nitrogens with one attached hydrogen (secondary N) is 1. The number of thioether (sulfide) groups is 1. The molecule has 0 bridgehead atoms. The molecular formula is C16H14N4OS2. The van der Waals surface area contributed by atoms with E-state index in [-0.39, 0.29) is 11.6 Å². The Morgan fingerprint density at radius 2 is 1.96 bits per heavy atom. The van der Waals surface area contributed by atoms with Crippen molar-refractivity contribution in [1.29, 1.82) is 0 Å². The van der Waals surface area contributed by atoms with E-state index in [0.717, 1.165) is 17.0 Å². The fourth-order valence-electron chi connectivity index (χ4n) is 1.90. The van der Waals surface area contributed by atoms with Crippen LogP contribution in [0.5, 0.6) is 0 Å². The quantitative estimate of drug-likeness (QED) is 0.729. The average Bonchev–Trinajstić information content (AvgIpc) is 3.04. The van der Waals surface area contributed by atoms with E-state index in [9.17, 15) is 4.79 Å². The van der Waals surface area contributed by atoms with E-state index in [1.165, 1.54) is 22.4 Å². The molecule has 5 nitrogen and oxygen atoms in total. The molecule has 2 heterocycles. The topological polar surface area (TPSA) is 67.8 Å². The molecule has 3 aromatic rings. The zero-order valence-corrected chi connectivity index (χ0v) is 14.2. The molecule has 0 atom stereocenters. The van der Waals surface area contributed by atoms with Gasteiger partial charge in [-0.1, -0.05) is 12.1 Å². The van der Waals surface area contributed by atoms with Crippen molar-refractivity contribution in [3.63, 3.8) is 0 Å². The van der Waals surface area contributed by atoms with Gasteiger partial charge in [0.05, 0.1) is 17.6 Å². The van der Waals surface area contributed by atoms with Crippen molar-refractivity contribution in [2.45, 2.75) is 11.8 Å². The highest BCUT2D eigenvalue weighted by Crippen LogP contribution is 2.26. The molecule has 0 spiro atoms. The molecule has 1 aromatic carbocycles. The summed E-state index contributed by atoms with van der Waals surface area (Å²) in [6, 6.07) is 8.16. The van der Waals surface area contributed by atoms with E-state index in [2.05, 4.69) is 32.4 Å². The molecule has 0 aliphatic carbocycles. The van der Waals surface area contributed by atoms with Crippen LogP contribution in [0.25, 0.3) is 11.3 Å². The number of benzene rings is 1. The van der Waals surface area contributed by atoms with Gasteiger partial charge in [-0.15, -0.1) is 23.1 Å². The molecule has 3 rings (SSSR count). The zero-order valence-electron chi connectivity index (χ0n) is 12.6. The lowest BCUT2D eigenvalue weighted by molar-refractivity contribution is 0.102. The highest BCUT2D eigenvalue weighted by molar-refractivity contribution is 7.98. The molecule has 0 saturated carbocycles. The van der Waals surface area contributed by atoms with Crippen LogP contribution in [0, 0.1) is 6.92 Å². The van der Waals surface area contributed by atoms with Crippen LogP contribution in [-0.4, -0.2) is 27.1 Å². The number of carbonyl (C=O) groups is 1. The van der Waals surface area contributed by atoms with Gasteiger partial charge in [-0.05, 0) is 25.3 Å². The Bertz CT molecular complexity index is 813. The van der Waals surface area contributed by atoms with Gasteiger partial charge in [0.25, 0.3) is 5.91 Å². The SMILES string of the molecule is CSc1ccc(-c2csc(NC(=O)c3cnc(C)cn3)n2)cc1. The lowest BCUT2D eigenvalue weighted by atomic mass is 10.2. The number of hydrogen-bond donors (Lipinski definition) is 1. The van der Waals surface area contributed by atoms with E-state index in [0.29, 0.717) is 5.13 Å². The van der Waals surface area contributed by atoms with Crippen molar-refractivity contribution in [2.24, 2.45) is 0 Å². The minimum Gasteiger partial charge on any atom is -0.296 e. The predicted molar refractivity (Wildman–Crippen MR) is 94.1 cm³/mol. The Labute approximate surface area is 142 Å². The second-order valence-electron chi connectivity index (χ2n) is 4.76. The third-order valence-electron chi connectivity index (χ3n) is 3.12. The first-order valence-corrected chi connectivity index (χ1v) is 8.96. The van der Waals surface area contributed by atoms with Crippen LogP contribution in [0.4, 0.5) is 5.13 Å². The Hall–Kier alpha value is -2.25. The Morgan fingerprint density at radius 3 is 2.61 bits per heavy atom. The zero-order chi connectivity index (χ0) is 16.2. The van der Waals surface area contributed by atoms with Crippen molar-refractivity contribution in [2.75, 3.05) is 11.6 Å². The van der Waals surface area contributed by atoms with Gasteiger partial charge < -0.3 is 0 Å². The molecular weight excluding hydrogens is 328 g/mol. The summed E-state index contributed by atoms with van der Waals surface area (Å²) < 4.78 is 0. The van der Waals surface area contributed by atoms with Crippen LogP contribution >= 0.6 is 23.1 Å². The molecule has 7 heteroatoms. The number of aryl methyl sites for hydroxylation is 1. The first-order chi connectivity index (χ1) is 11.2. The second kappa shape index (κ2) is 6.89. The largest absolute Gasteiger partial charge is 0.296 e. The standard InChI is InChI=1S/C16H14N4OS2/c1-10-7-18-13(8-17-10)15(21)20-16-19-14(9-23-16)11-3-5-12(22-2)6-4-11/h3-9H,1-2H3,(H,19,20,21). The van der Waals surface area contributed by atoms with Crippen molar-refractivity contribution in [3.8, 4) is 11.3 Å². The highest BCUT2D eigenvalue weighted by atomic mass is 32.2. The van der Waals surface area contributed by atoms with E-state index in [4.69, 9.17) is 0 Å². The van der Waals surface area contributed by atoms with Crippen LogP contribution in [0.15, 0.2) is 46.9 Å². The number of nitrogens with zero attached hydrogens (tertiary/aromatic N) is 3. The predicted octanol–water partition coefficient (Wildman–Crippen LogP) is 3.88. The van der Waals surface area contributed by atoms with Gasteiger partial charge in [-0.25, -0.2) is 9.97 Å². The summed E-state index contributed by atoms with van der Waals surface area (Å²) in [5.41, 5.74) is 2.91. The number of aromatic nitrogens is 3. The maximum absolute atomic E-state index is 12.1. The summed E-state index contributed by atoms with van der Waals surface area (Å²) in [5, 5.41) is 5.22. The van der Waals surface area contributed by atoms with E-state index < -0.39 is 0 Å². The van der Waals surface area contributed by atoms with Gasteiger partial charge in [-0.2, -0.15) is 0 Å². The monoisotopic (exact) mass is 342 g/mol. The lowest BCUT2D eigenvalue weighted by Crippen LogP contribution is -2.13. The van der Waals surface area contributed by atoms with Crippen LogP contribution in [0.3, 0.4) is 0 Å². The molecule has 0 radical (unpaired) electrons. The summed E-state index contributed by atoms with van der Waals surface area (Å²) in [6.07, 6.45) is 5.06. The number of hydrogen-bond acceptors (Lipinski definition) is 6. The number of rotatable bonds is 4. The molecule has 23 heavy (non-hydrogen) atoms. The average molecular weight is 342 g/mol. The second-order valence-corrected chi connectivity index (χ2v) is 6.50. The molecule has 0 unspecified atom stereocenters. The number of carbonyl (C=O) groups excluding carboxylic acids is 1. The summed E-state index contributed by atoms with van der Waals surface area (Å²) in [7, 11) is 0. The molecule has 1 N–H and O–H groups in total. The summed E-state index contributed by atoms with van der Waals surface area (Å²) in [5.74, 6) is -0.309. The molecule has 1 amide bonds. The van der Waals surface area contributed by atoms with Crippen LogP contribution in [-0.2, 0) is 0 Å². The van der Waals surface area contributed by atoms with Crippen LogP contribution < -0.4 is 5.32 Å². The van der Waals surface area contributed by atoms with Gasteiger partial charge in [0.15, 0.2) is 5.13 Å². The van der Waals surface area contributed by atoms with Crippen molar-refractivity contribution in [1.82, 2.24) is 15.0 Å². The summed E-state index contributed by atoms with van der Waals surface area (Å²) in [4.78, 5) is 25.9. The van der Waals surface area contributed by atoms with Gasteiger partial charge in [-0.3, -0.25) is 15.1 Å². The number of amides is 1. The number of anilines is 1. The van der Waals surface area contributed by atoms with Crippen molar-refractivity contribution >= 4 is 34.1 Å². The molecule has 0 aliphatic rings. The first kappa shape index (κ1) is 15.6. The molecule has 0 aliphatic heterocycles. The van der Waals surface area contributed by atoms with Gasteiger partial charge in [0.2, 0.25) is 0 Å². The third kappa shape index (κ3) is 3.75. The maximum Gasteiger partial charge on any atom is 0.277 e. The Morgan fingerprint density at radius 1 is 1.17 bits per heavy atom. The van der Waals surface area contributed by atoms with E-state index in [1.807, 2.05) is 30.7 Å². The van der Waals surface area contributed by atoms with Crippen molar-refractivity contribution < 1.29 is 4.79 Å². The minimum absolute atomic E-state index is 0.275. The van der Waals surface area contributed by atoms with Gasteiger partial charge in [0.1, 0.15) is 5.69 Å². The molecule has 0 fully saturated rings. The smallest absolute Gasteiger partial charge is 0.277 e. The summed E-state index contributed by atoms with van der Waals surface area (Å²) in [6.45, 7) is 1.82. The van der Waals surface area contributed by atoms with E-state index in [1.54, 1.807) is 18.0 Å². The minimum atomic E-state index is -0.309. The molecule has 0 saturated heterocycles. The number of thiazole rings is 1. The Balaban J connectivity index is 1.73. The fourth-order valence-corrected chi connectivity index (χ4v) is 3.02. The van der Waals surface area contributed by atoms with Crippen LogP contribution in [0.1, 0.15) is 16.2 Å². The third-order valence-corrected chi connectivity index (χ3v) is 4.63. The first-order valence-electron chi connectivity index (χ1n) is 6.85. The fraction of sp³-hybridized carbons (Fsp3) is 0.125. The maximum atomic E-state index is 12.1. The Kier molecular flexibility index (Phi) is 4.68. The van der Waals surface area contributed by atoms with Crippen molar-refractivity contribution in [3.05, 3.63) is 53.4 Å². The summed E-state index contributed by atoms with van der Waals surface area (Å²) >= 11 is 3.08. The van der Waals surface area contributed by atoms with E-state index >= 15 is 0 Å². The molecule has 116 valence electrons. The lowest BCUT2D eigenvalue weighted by Gasteiger charge is -2.01.